The van der Waals surface area contributed by atoms with Crippen LogP contribution in [-0.2, 0) is 4.79 Å². The van der Waals surface area contributed by atoms with Gasteiger partial charge in [0.15, 0.2) is 0 Å². The molecule has 116 valence electrons. The molecule has 1 aliphatic carbocycles. The van der Waals surface area contributed by atoms with Gasteiger partial charge in [0, 0.05) is 25.0 Å². The zero-order valence-electron chi connectivity index (χ0n) is 11.6. The Labute approximate surface area is 141 Å². The van der Waals surface area contributed by atoms with E-state index in [1.807, 2.05) is 17.0 Å². The zero-order chi connectivity index (χ0) is 14.3. The first-order chi connectivity index (χ1) is 9.58. The topological polar surface area (TPSA) is 46.3 Å². The van der Waals surface area contributed by atoms with Crippen LogP contribution >= 0.6 is 35.6 Å². The minimum atomic E-state index is 0. The van der Waals surface area contributed by atoms with Crippen molar-refractivity contribution >= 4 is 41.5 Å². The predicted octanol–water partition coefficient (Wildman–Crippen LogP) is 3.47. The monoisotopic (exact) mass is 348 g/mol. The van der Waals surface area contributed by atoms with E-state index in [9.17, 15) is 4.79 Å². The largest absolute Gasteiger partial charge is 0.342 e. The normalized spacial score (nSPS) is 25.4. The van der Waals surface area contributed by atoms with E-state index in [4.69, 9.17) is 28.9 Å². The summed E-state index contributed by atoms with van der Waals surface area (Å²) in [6.07, 6.45) is 2.68. The molecule has 0 aromatic heterocycles. The highest BCUT2D eigenvalue weighted by molar-refractivity contribution is 6.42. The molecule has 6 heteroatoms. The average molecular weight is 350 g/mol. The maximum absolute atomic E-state index is 12.5. The molecule has 2 atom stereocenters. The summed E-state index contributed by atoms with van der Waals surface area (Å²) in [6, 6.07) is 5.89. The molecule has 1 saturated carbocycles. The second kappa shape index (κ2) is 6.74. The molecule has 2 N–H and O–H groups in total. The Hall–Kier alpha value is -0.480. The van der Waals surface area contributed by atoms with E-state index < -0.39 is 0 Å². The summed E-state index contributed by atoms with van der Waals surface area (Å²) in [5.41, 5.74) is 6.88. The van der Waals surface area contributed by atoms with Crippen LogP contribution in [0.1, 0.15) is 30.7 Å². The Morgan fingerprint density at radius 2 is 1.90 bits per heavy atom. The molecule has 1 aromatic rings. The van der Waals surface area contributed by atoms with Crippen molar-refractivity contribution < 1.29 is 4.79 Å². The molecule has 1 amide bonds. The van der Waals surface area contributed by atoms with Gasteiger partial charge < -0.3 is 10.6 Å². The molecule has 0 spiro atoms. The lowest BCUT2D eigenvalue weighted by atomic mass is 10.0. The van der Waals surface area contributed by atoms with Gasteiger partial charge in [-0.1, -0.05) is 35.3 Å². The number of nitrogens with two attached hydrogens (primary N) is 1. The summed E-state index contributed by atoms with van der Waals surface area (Å²) >= 11 is 12.3. The third kappa shape index (κ3) is 3.48. The first-order valence-electron chi connectivity index (χ1n) is 7.06. The summed E-state index contributed by atoms with van der Waals surface area (Å²) < 4.78 is 0. The third-order valence-electron chi connectivity index (χ3n) is 4.34. The molecule has 3 nitrogen and oxygen atoms in total. The molecule has 1 aliphatic heterocycles. The molecule has 1 aromatic carbocycles. The van der Waals surface area contributed by atoms with Crippen molar-refractivity contribution in [1.29, 1.82) is 0 Å². The summed E-state index contributed by atoms with van der Waals surface area (Å²) in [5.74, 6) is 0.544. The molecular weight excluding hydrogens is 331 g/mol. The van der Waals surface area contributed by atoms with Crippen LogP contribution in [0.5, 0.6) is 0 Å². The Balaban J connectivity index is 0.00000161. The van der Waals surface area contributed by atoms with Crippen LogP contribution in [0.2, 0.25) is 10.0 Å². The first kappa shape index (κ1) is 16.9. The molecule has 3 rings (SSSR count). The lowest BCUT2D eigenvalue weighted by Gasteiger charge is -2.30. The van der Waals surface area contributed by atoms with Gasteiger partial charge in [-0.05, 0) is 36.8 Å². The maximum atomic E-state index is 12.5. The molecule has 2 aliphatic rings. The highest BCUT2D eigenvalue weighted by Gasteiger charge is 2.47. The van der Waals surface area contributed by atoms with Crippen molar-refractivity contribution in [3.63, 3.8) is 0 Å². The first-order valence-corrected chi connectivity index (χ1v) is 7.82. The number of hydrogen-bond acceptors (Lipinski definition) is 2. The molecule has 0 radical (unpaired) electrons. The molecule has 21 heavy (non-hydrogen) atoms. The lowest BCUT2D eigenvalue weighted by Crippen LogP contribution is -2.43. The number of piperidine rings is 1. The minimum absolute atomic E-state index is 0. The number of carbonyl (C=O) groups is 1. The smallest absolute Gasteiger partial charge is 0.226 e. The summed E-state index contributed by atoms with van der Waals surface area (Å²) in [7, 11) is 0. The molecule has 1 heterocycles. The Morgan fingerprint density at radius 1 is 1.24 bits per heavy atom. The van der Waals surface area contributed by atoms with Crippen molar-refractivity contribution in [3.8, 4) is 0 Å². The highest BCUT2D eigenvalue weighted by atomic mass is 35.5. The lowest BCUT2D eigenvalue weighted by molar-refractivity contribution is -0.133. The molecule has 0 bridgehead atoms. The highest BCUT2D eigenvalue weighted by Crippen LogP contribution is 2.51. The van der Waals surface area contributed by atoms with Gasteiger partial charge in [-0.2, -0.15) is 0 Å². The summed E-state index contributed by atoms with van der Waals surface area (Å²) in [5, 5.41) is 1.15. The van der Waals surface area contributed by atoms with Gasteiger partial charge >= 0.3 is 0 Å². The fraction of sp³-hybridized carbons (Fsp3) is 0.533. The van der Waals surface area contributed by atoms with Gasteiger partial charge in [-0.3, -0.25) is 4.79 Å². The Bertz CT molecular complexity index is 530. The molecule has 1 saturated heterocycles. The second-order valence-electron chi connectivity index (χ2n) is 5.75. The standard InChI is InChI=1S/C15H18Cl2N2O.ClH/c16-13-3-1-2-10(14(13)17)11-8-12(11)15(20)19-6-4-9(18)5-7-19;/h1-3,9,11-12H,4-8,18H2;1H. The fourth-order valence-electron chi connectivity index (χ4n) is 2.97. The van der Waals surface area contributed by atoms with Gasteiger partial charge in [0.25, 0.3) is 0 Å². The van der Waals surface area contributed by atoms with Gasteiger partial charge in [0.2, 0.25) is 5.91 Å². The number of halogens is 3. The third-order valence-corrected chi connectivity index (χ3v) is 5.17. The van der Waals surface area contributed by atoms with E-state index in [0.717, 1.165) is 37.9 Å². The van der Waals surface area contributed by atoms with Gasteiger partial charge in [0.1, 0.15) is 0 Å². The van der Waals surface area contributed by atoms with E-state index in [1.165, 1.54) is 0 Å². The van der Waals surface area contributed by atoms with Crippen LogP contribution in [-0.4, -0.2) is 29.9 Å². The number of likely N-dealkylation sites (tertiary alicyclic amines) is 1. The van der Waals surface area contributed by atoms with E-state index in [2.05, 4.69) is 0 Å². The van der Waals surface area contributed by atoms with Crippen molar-refractivity contribution in [3.05, 3.63) is 33.8 Å². The average Bonchev–Trinajstić information content (AvgIpc) is 3.22. The Kier molecular flexibility index (Phi) is 5.42. The number of hydrogen-bond donors (Lipinski definition) is 1. The second-order valence-corrected chi connectivity index (χ2v) is 6.54. The number of amides is 1. The Morgan fingerprint density at radius 3 is 2.57 bits per heavy atom. The zero-order valence-corrected chi connectivity index (χ0v) is 13.9. The van der Waals surface area contributed by atoms with E-state index in [0.29, 0.717) is 10.0 Å². The van der Waals surface area contributed by atoms with Crippen molar-refractivity contribution in [2.75, 3.05) is 13.1 Å². The van der Waals surface area contributed by atoms with Crippen LogP contribution in [0.3, 0.4) is 0 Å². The number of carbonyl (C=O) groups excluding carboxylic acids is 1. The van der Waals surface area contributed by atoms with E-state index in [1.54, 1.807) is 6.07 Å². The van der Waals surface area contributed by atoms with Crippen LogP contribution in [0.25, 0.3) is 0 Å². The van der Waals surface area contributed by atoms with Crippen LogP contribution in [0, 0.1) is 5.92 Å². The van der Waals surface area contributed by atoms with Crippen LogP contribution in [0.4, 0.5) is 0 Å². The number of rotatable bonds is 2. The van der Waals surface area contributed by atoms with Gasteiger partial charge in [0.05, 0.1) is 10.0 Å². The SMILES string of the molecule is Cl.NC1CCN(C(=O)C2CC2c2cccc(Cl)c2Cl)CC1. The number of benzene rings is 1. The minimum Gasteiger partial charge on any atom is -0.342 e. The number of nitrogens with zero attached hydrogens (tertiary/aromatic N) is 1. The van der Waals surface area contributed by atoms with E-state index in [-0.39, 0.29) is 36.2 Å². The molecule has 2 fully saturated rings. The van der Waals surface area contributed by atoms with Crippen molar-refractivity contribution in [1.82, 2.24) is 4.90 Å². The van der Waals surface area contributed by atoms with Crippen molar-refractivity contribution in [2.24, 2.45) is 11.7 Å². The van der Waals surface area contributed by atoms with Crippen LogP contribution < -0.4 is 5.73 Å². The van der Waals surface area contributed by atoms with Crippen molar-refractivity contribution in [2.45, 2.75) is 31.2 Å². The summed E-state index contributed by atoms with van der Waals surface area (Å²) in [4.78, 5) is 14.4. The molecular formula is C15H19Cl3N2O. The fourth-order valence-corrected chi connectivity index (χ4v) is 3.42. The quantitative estimate of drug-likeness (QED) is 0.888. The van der Waals surface area contributed by atoms with E-state index >= 15 is 0 Å². The van der Waals surface area contributed by atoms with Gasteiger partial charge in [-0.15, -0.1) is 12.4 Å². The van der Waals surface area contributed by atoms with Crippen LogP contribution in [0.15, 0.2) is 18.2 Å². The predicted molar refractivity (Wildman–Crippen MR) is 88.3 cm³/mol. The maximum Gasteiger partial charge on any atom is 0.226 e. The molecule has 2 unspecified atom stereocenters. The summed E-state index contributed by atoms with van der Waals surface area (Å²) in [6.45, 7) is 1.57. The van der Waals surface area contributed by atoms with Gasteiger partial charge in [-0.25, -0.2) is 0 Å².